The fourth-order valence-corrected chi connectivity index (χ4v) is 3.98. The van der Waals surface area contributed by atoms with Crippen molar-refractivity contribution in [2.75, 3.05) is 0 Å². The first-order chi connectivity index (χ1) is 7.45. The molecule has 0 aromatic carbocycles. The summed E-state index contributed by atoms with van der Waals surface area (Å²) in [6.07, 6.45) is 10.7. The molecule has 90 valence electrons. The van der Waals surface area contributed by atoms with Crippen molar-refractivity contribution in [3.8, 4) is 12.3 Å². The lowest BCUT2D eigenvalue weighted by Gasteiger charge is -2.40. The van der Waals surface area contributed by atoms with Crippen molar-refractivity contribution in [1.29, 1.82) is 0 Å². The SMILES string of the molecule is C#CC(CC)NC1CC2CCC1(C)C2(C)C. The normalized spacial score (nSPS) is 41.9. The standard InChI is InChI=1S/C15H25N/c1-6-12(7-2)16-13-10-11-8-9-15(13,5)14(11,3)4/h1,11-13,16H,7-10H2,2-5H3. The maximum absolute atomic E-state index is 5.56. The van der Waals surface area contributed by atoms with Gasteiger partial charge in [-0.25, -0.2) is 0 Å². The van der Waals surface area contributed by atoms with Gasteiger partial charge in [0.2, 0.25) is 0 Å². The van der Waals surface area contributed by atoms with Gasteiger partial charge in [0.05, 0.1) is 6.04 Å². The van der Waals surface area contributed by atoms with Crippen molar-refractivity contribution >= 4 is 0 Å². The maximum Gasteiger partial charge on any atom is 0.0686 e. The maximum atomic E-state index is 5.56. The van der Waals surface area contributed by atoms with Crippen LogP contribution in [0.25, 0.3) is 0 Å². The summed E-state index contributed by atoms with van der Waals surface area (Å²) in [5.41, 5.74) is 0.930. The summed E-state index contributed by atoms with van der Waals surface area (Å²) in [6, 6.07) is 0.888. The number of hydrogen-bond acceptors (Lipinski definition) is 1. The lowest BCUT2D eigenvalue weighted by Crippen LogP contribution is -2.48. The number of fused-ring (bicyclic) bond motifs is 2. The van der Waals surface area contributed by atoms with E-state index in [2.05, 4.69) is 38.9 Å². The Balaban J connectivity index is 2.13. The van der Waals surface area contributed by atoms with Crippen LogP contribution in [0.4, 0.5) is 0 Å². The second kappa shape index (κ2) is 3.77. The van der Waals surface area contributed by atoms with Crippen molar-refractivity contribution in [3.05, 3.63) is 0 Å². The quantitative estimate of drug-likeness (QED) is 0.719. The zero-order valence-electron chi connectivity index (χ0n) is 11.1. The van der Waals surface area contributed by atoms with Crippen molar-refractivity contribution in [2.24, 2.45) is 16.7 Å². The summed E-state index contributed by atoms with van der Waals surface area (Å²) in [4.78, 5) is 0. The molecule has 16 heavy (non-hydrogen) atoms. The van der Waals surface area contributed by atoms with E-state index in [1.165, 1.54) is 19.3 Å². The molecule has 0 aromatic heterocycles. The van der Waals surface area contributed by atoms with Crippen LogP contribution in [0.2, 0.25) is 0 Å². The Morgan fingerprint density at radius 1 is 1.44 bits per heavy atom. The third-order valence-corrected chi connectivity index (χ3v) is 5.81. The van der Waals surface area contributed by atoms with Crippen LogP contribution in [0, 0.1) is 29.1 Å². The summed E-state index contributed by atoms with van der Waals surface area (Å²) >= 11 is 0. The molecule has 0 aromatic rings. The molecule has 4 atom stereocenters. The first-order valence-corrected chi connectivity index (χ1v) is 6.68. The molecule has 1 N–H and O–H groups in total. The smallest absolute Gasteiger partial charge is 0.0686 e. The van der Waals surface area contributed by atoms with E-state index < -0.39 is 0 Å². The molecule has 2 aliphatic rings. The van der Waals surface area contributed by atoms with Gasteiger partial charge < -0.3 is 5.32 Å². The van der Waals surface area contributed by atoms with E-state index in [0.29, 0.717) is 16.9 Å². The van der Waals surface area contributed by atoms with E-state index in [9.17, 15) is 0 Å². The number of terminal acetylenes is 1. The molecule has 2 saturated carbocycles. The average molecular weight is 219 g/mol. The Morgan fingerprint density at radius 3 is 2.50 bits per heavy atom. The van der Waals surface area contributed by atoms with Gasteiger partial charge in [-0.05, 0) is 42.4 Å². The largest absolute Gasteiger partial charge is 0.300 e. The minimum absolute atomic E-state index is 0.261. The van der Waals surface area contributed by atoms with Crippen LogP contribution < -0.4 is 5.32 Å². The summed E-state index contributed by atoms with van der Waals surface area (Å²) in [7, 11) is 0. The predicted octanol–water partition coefficient (Wildman–Crippen LogP) is 3.20. The highest BCUT2D eigenvalue weighted by Crippen LogP contribution is 2.65. The average Bonchev–Trinajstić information content (AvgIpc) is 2.58. The zero-order valence-corrected chi connectivity index (χ0v) is 11.1. The van der Waals surface area contributed by atoms with Gasteiger partial charge in [-0.3, -0.25) is 0 Å². The van der Waals surface area contributed by atoms with E-state index in [1.54, 1.807) is 0 Å². The third kappa shape index (κ3) is 1.43. The van der Waals surface area contributed by atoms with Crippen molar-refractivity contribution in [2.45, 2.75) is 65.5 Å². The molecular weight excluding hydrogens is 194 g/mol. The summed E-state index contributed by atoms with van der Waals surface area (Å²) < 4.78 is 0. The molecule has 1 nitrogen and oxygen atoms in total. The topological polar surface area (TPSA) is 12.0 Å². The monoisotopic (exact) mass is 219 g/mol. The van der Waals surface area contributed by atoms with Gasteiger partial charge >= 0.3 is 0 Å². The highest BCUT2D eigenvalue weighted by molar-refractivity contribution is 5.14. The lowest BCUT2D eigenvalue weighted by molar-refractivity contribution is 0.118. The molecule has 1 heteroatoms. The van der Waals surface area contributed by atoms with Gasteiger partial charge in [-0.1, -0.05) is 33.6 Å². The van der Waals surface area contributed by atoms with E-state index in [0.717, 1.165) is 12.3 Å². The Kier molecular flexibility index (Phi) is 2.83. The van der Waals surface area contributed by atoms with E-state index >= 15 is 0 Å². The van der Waals surface area contributed by atoms with Gasteiger partial charge in [0.25, 0.3) is 0 Å². The summed E-state index contributed by atoms with van der Waals surface area (Å²) in [5.74, 6) is 3.77. The van der Waals surface area contributed by atoms with E-state index in [4.69, 9.17) is 6.42 Å². The Labute approximate surface area is 100 Å². The number of nitrogens with one attached hydrogen (secondary N) is 1. The molecule has 0 spiro atoms. The Bertz CT molecular complexity index is 312. The predicted molar refractivity (Wildman–Crippen MR) is 69.1 cm³/mol. The van der Waals surface area contributed by atoms with Crippen LogP contribution in [0.1, 0.15) is 53.4 Å². The van der Waals surface area contributed by atoms with Crippen LogP contribution in [-0.4, -0.2) is 12.1 Å². The minimum atomic E-state index is 0.261. The van der Waals surface area contributed by atoms with E-state index in [1.807, 2.05) is 0 Å². The molecular formula is C15H25N. The van der Waals surface area contributed by atoms with Crippen LogP contribution in [0.5, 0.6) is 0 Å². The molecule has 0 amide bonds. The van der Waals surface area contributed by atoms with Crippen LogP contribution in [0.3, 0.4) is 0 Å². The molecule has 0 saturated heterocycles. The molecule has 0 heterocycles. The molecule has 0 radical (unpaired) electrons. The van der Waals surface area contributed by atoms with Crippen molar-refractivity contribution < 1.29 is 0 Å². The number of hydrogen-bond donors (Lipinski definition) is 1. The van der Waals surface area contributed by atoms with Gasteiger partial charge in [0.15, 0.2) is 0 Å². The highest BCUT2D eigenvalue weighted by atomic mass is 15.0. The minimum Gasteiger partial charge on any atom is -0.300 e. The second-order valence-electron chi connectivity index (χ2n) is 6.46. The summed E-state index contributed by atoms with van der Waals surface area (Å²) in [6.45, 7) is 9.52. The highest BCUT2D eigenvalue weighted by Gasteiger charge is 2.61. The fourth-order valence-electron chi connectivity index (χ4n) is 3.98. The van der Waals surface area contributed by atoms with Gasteiger partial charge in [0.1, 0.15) is 0 Å². The fraction of sp³-hybridized carbons (Fsp3) is 0.867. The van der Waals surface area contributed by atoms with Gasteiger partial charge in [-0.2, -0.15) is 0 Å². The van der Waals surface area contributed by atoms with Crippen LogP contribution in [-0.2, 0) is 0 Å². The first-order valence-electron chi connectivity index (χ1n) is 6.68. The first kappa shape index (κ1) is 12.0. The molecule has 4 unspecified atom stereocenters. The molecule has 2 aliphatic carbocycles. The zero-order chi connectivity index (χ0) is 12.0. The molecule has 2 rings (SSSR count). The number of rotatable bonds is 3. The Morgan fingerprint density at radius 2 is 2.12 bits per heavy atom. The Hall–Kier alpha value is -0.480. The molecule has 2 fully saturated rings. The molecule has 0 aliphatic heterocycles. The molecule has 2 bridgehead atoms. The summed E-state index contributed by atoms with van der Waals surface area (Å²) in [5, 5.41) is 3.71. The van der Waals surface area contributed by atoms with Gasteiger partial charge in [-0.15, -0.1) is 6.42 Å². The van der Waals surface area contributed by atoms with E-state index in [-0.39, 0.29) is 6.04 Å². The lowest BCUT2D eigenvalue weighted by atomic mass is 9.69. The van der Waals surface area contributed by atoms with Crippen LogP contribution >= 0.6 is 0 Å². The van der Waals surface area contributed by atoms with Crippen molar-refractivity contribution in [3.63, 3.8) is 0 Å². The van der Waals surface area contributed by atoms with Gasteiger partial charge in [0, 0.05) is 6.04 Å². The van der Waals surface area contributed by atoms with Crippen molar-refractivity contribution in [1.82, 2.24) is 5.32 Å². The van der Waals surface area contributed by atoms with Crippen LogP contribution in [0.15, 0.2) is 0 Å². The second-order valence-corrected chi connectivity index (χ2v) is 6.46. The third-order valence-electron chi connectivity index (χ3n) is 5.81.